The van der Waals surface area contributed by atoms with E-state index in [0.29, 0.717) is 5.78 Å². The van der Waals surface area contributed by atoms with Gasteiger partial charge < -0.3 is 0 Å². The van der Waals surface area contributed by atoms with Gasteiger partial charge in [0.1, 0.15) is 5.78 Å². The Hall–Kier alpha value is -0.163. The molecule has 0 spiro atoms. The van der Waals surface area contributed by atoms with Crippen LogP contribution in [0.15, 0.2) is 30.3 Å². The average Bonchev–Trinajstić information content (AvgIpc) is 2.46. The monoisotopic (exact) mass is 430 g/mol. The molecule has 22 heavy (non-hydrogen) atoms. The number of halogens is 1. The molecule has 1 nitrogen and oxygen atoms in total. The molecule has 1 aromatic carbocycles. The van der Waals surface area contributed by atoms with Gasteiger partial charge in [0.2, 0.25) is 0 Å². The van der Waals surface area contributed by atoms with Crippen molar-refractivity contribution in [3.63, 3.8) is 0 Å². The first-order valence-electron chi connectivity index (χ1n) is 8.33. The summed E-state index contributed by atoms with van der Waals surface area (Å²) < 4.78 is 0.160. The van der Waals surface area contributed by atoms with Crippen LogP contribution in [-0.2, 0) is 11.2 Å². The quantitative estimate of drug-likeness (QED) is 0.283. The number of hydrogen-bond donors (Lipinski definition) is 0. The molecule has 1 rings (SSSR count). The first-order chi connectivity index (χ1) is 10.1. The number of aryl methyl sites for hydroxylation is 1. The number of hydrogen-bond acceptors (Lipinski definition) is 1. The lowest BCUT2D eigenvalue weighted by molar-refractivity contribution is -0.118. The maximum atomic E-state index is 13.0. The molecular weight excluding hydrogens is 399 g/mol. The molecule has 0 aromatic heterocycles. The minimum absolute atomic E-state index is 0.160. The lowest BCUT2D eigenvalue weighted by Gasteiger charge is -2.43. The molecule has 0 bridgehead atoms. The van der Waals surface area contributed by atoms with E-state index >= 15 is 0 Å². The second-order valence-corrected chi connectivity index (χ2v) is 15.0. The predicted octanol–water partition coefficient (Wildman–Crippen LogP) is 6.28. The zero-order chi connectivity index (χ0) is 17.0. The summed E-state index contributed by atoms with van der Waals surface area (Å²) in [5.74, 6) is 0.491. The summed E-state index contributed by atoms with van der Waals surface area (Å²) in [4.78, 5) is 13.0. The number of carbonyl (C=O) groups is 1. The highest BCUT2D eigenvalue weighted by Crippen LogP contribution is 2.46. The fraction of sp³-hybridized carbons (Fsp3) is 0.632. The molecule has 0 saturated heterocycles. The molecule has 3 heteroatoms. The van der Waals surface area contributed by atoms with Crippen LogP contribution >= 0.6 is 22.6 Å². The van der Waals surface area contributed by atoms with Crippen molar-refractivity contribution in [1.29, 1.82) is 0 Å². The first-order valence-corrected chi connectivity index (χ1v) is 12.6. The minimum Gasteiger partial charge on any atom is -0.299 e. The van der Waals surface area contributed by atoms with E-state index in [1.807, 2.05) is 0 Å². The molecule has 0 aliphatic heterocycles. The lowest BCUT2D eigenvalue weighted by atomic mass is 10.0. The van der Waals surface area contributed by atoms with Crippen molar-refractivity contribution < 1.29 is 4.79 Å². The van der Waals surface area contributed by atoms with Crippen LogP contribution in [0.1, 0.15) is 46.1 Å². The third kappa shape index (κ3) is 4.92. The van der Waals surface area contributed by atoms with Gasteiger partial charge in [-0.05, 0) is 29.9 Å². The Morgan fingerprint density at radius 1 is 1.18 bits per heavy atom. The third-order valence-corrected chi connectivity index (χ3v) is 13.1. The molecule has 124 valence electrons. The molecule has 0 N–H and O–H groups in total. The van der Waals surface area contributed by atoms with Crippen LogP contribution in [0.4, 0.5) is 0 Å². The lowest BCUT2D eigenvalue weighted by Crippen LogP contribution is -2.47. The van der Waals surface area contributed by atoms with Crippen molar-refractivity contribution in [3.8, 4) is 0 Å². The second kappa shape index (κ2) is 8.09. The van der Waals surface area contributed by atoms with Gasteiger partial charge in [-0.2, -0.15) is 0 Å². The van der Waals surface area contributed by atoms with E-state index in [2.05, 4.69) is 93.7 Å². The summed E-state index contributed by atoms with van der Waals surface area (Å²) in [5.41, 5.74) is 1.59. The number of rotatable bonds is 7. The van der Waals surface area contributed by atoms with Crippen LogP contribution in [0.3, 0.4) is 0 Å². The Labute approximate surface area is 151 Å². The topological polar surface area (TPSA) is 17.1 Å². The van der Waals surface area contributed by atoms with E-state index in [4.69, 9.17) is 0 Å². The zero-order valence-corrected chi connectivity index (χ0v) is 18.1. The molecule has 1 aromatic rings. The molecule has 0 saturated carbocycles. The summed E-state index contributed by atoms with van der Waals surface area (Å²) in [6, 6.07) is 10.6. The number of Topliss-reactive ketones (excluding diaryl/α,β-unsaturated/α-hetero) is 1. The van der Waals surface area contributed by atoms with Gasteiger partial charge >= 0.3 is 0 Å². The van der Waals surface area contributed by atoms with Crippen LogP contribution in [0.2, 0.25) is 23.7 Å². The van der Waals surface area contributed by atoms with Crippen molar-refractivity contribution in [2.45, 2.75) is 74.6 Å². The molecule has 0 radical (unpaired) electrons. The third-order valence-electron chi connectivity index (χ3n) is 5.38. The Bertz CT molecular complexity index is 476. The van der Waals surface area contributed by atoms with Gasteiger partial charge in [0, 0.05) is 5.54 Å². The Kier molecular flexibility index (Phi) is 7.31. The Morgan fingerprint density at radius 3 is 2.18 bits per heavy atom. The summed E-state index contributed by atoms with van der Waals surface area (Å²) in [6.07, 6.45) is 2.95. The summed E-state index contributed by atoms with van der Waals surface area (Å²) in [6.45, 7) is 13.9. The van der Waals surface area contributed by atoms with Crippen molar-refractivity contribution in [1.82, 2.24) is 0 Å². The SMILES string of the molecule is CC[C@H](I)C(=O)[C@H](CCc1ccccc1)[Si](C)(C)C(C)(C)C. The highest BCUT2D eigenvalue weighted by Gasteiger charge is 2.45. The van der Waals surface area contributed by atoms with E-state index in [9.17, 15) is 4.79 Å². The van der Waals surface area contributed by atoms with E-state index in [1.54, 1.807) is 0 Å². The number of benzene rings is 1. The Morgan fingerprint density at radius 2 is 1.73 bits per heavy atom. The molecule has 0 amide bonds. The van der Waals surface area contributed by atoms with Crippen LogP contribution in [0.25, 0.3) is 0 Å². The van der Waals surface area contributed by atoms with Gasteiger partial charge in [0.15, 0.2) is 0 Å². The van der Waals surface area contributed by atoms with Crippen molar-refractivity contribution in [2.75, 3.05) is 0 Å². The van der Waals surface area contributed by atoms with Gasteiger partial charge in [-0.1, -0.05) is 93.7 Å². The molecule has 0 aliphatic rings. The van der Waals surface area contributed by atoms with Crippen LogP contribution in [0.5, 0.6) is 0 Å². The number of alkyl halides is 1. The fourth-order valence-electron chi connectivity index (χ4n) is 2.76. The predicted molar refractivity (Wildman–Crippen MR) is 109 cm³/mol. The molecule has 0 fully saturated rings. The van der Waals surface area contributed by atoms with E-state index < -0.39 is 8.07 Å². The van der Waals surface area contributed by atoms with Gasteiger partial charge in [-0.25, -0.2) is 0 Å². The van der Waals surface area contributed by atoms with Gasteiger partial charge in [0.25, 0.3) is 0 Å². The fourth-order valence-corrected chi connectivity index (χ4v) is 6.35. The van der Waals surface area contributed by atoms with Gasteiger partial charge in [-0.15, -0.1) is 0 Å². The number of carbonyl (C=O) groups excluding carboxylic acids is 1. The maximum absolute atomic E-state index is 13.0. The smallest absolute Gasteiger partial charge is 0.146 e. The molecular formula is C19H31IOSi. The molecule has 0 aliphatic carbocycles. The summed E-state index contributed by atoms with van der Waals surface area (Å²) >= 11 is 2.34. The van der Waals surface area contributed by atoms with Crippen molar-refractivity contribution in [3.05, 3.63) is 35.9 Å². The van der Waals surface area contributed by atoms with Crippen molar-refractivity contribution >= 4 is 36.4 Å². The first kappa shape index (κ1) is 19.9. The molecule has 2 atom stereocenters. The highest BCUT2D eigenvalue weighted by molar-refractivity contribution is 14.1. The van der Waals surface area contributed by atoms with Gasteiger partial charge in [-0.3, -0.25) is 4.79 Å². The highest BCUT2D eigenvalue weighted by atomic mass is 127. The zero-order valence-electron chi connectivity index (χ0n) is 14.9. The molecule has 0 heterocycles. The molecule has 0 unspecified atom stereocenters. The van der Waals surface area contributed by atoms with Crippen LogP contribution in [-0.4, -0.2) is 17.8 Å². The summed E-state index contributed by atoms with van der Waals surface area (Å²) in [7, 11) is -1.68. The normalized spacial score (nSPS) is 15.4. The second-order valence-electron chi connectivity index (χ2n) is 7.83. The maximum Gasteiger partial charge on any atom is 0.146 e. The number of ketones is 1. The average molecular weight is 430 g/mol. The summed E-state index contributed by atoms with van der Waals surface area (Å²) in [5, 5.41) is 0.244. The standard InChI is InChI=1S/C19H31IOSi/c1-7-16(20)18(21)17(22(5,6)19(2,3)4)14-13-15-11-9-8-10-12-15/h8-12,16-17H,7,13-14H2,1-6H3/t16-,17-/m0/s1. The van der Waals surface area contributed by atoms with Crippen LogP contribution < -0.4 is 0 Å². The minimum atomic E-state index is -1.68. The van der Waals surface area contributed by atoms with E-state index in [-0.39, 0.29) is 14.5 Å². The van der Waals surface area contributed by atoms with Crippen LogP contribution in [0, 0.1) is 0 Å². The largest absolute Gasteiger partial charge is 0.299 e. The Balaban J connectivity index is 2.99. The van der Waals surface area contributed by atoms with E-state index in [0.717, 1.165) is 19.3 Å². The van der Waals surface area contributed by atoms with Crippen molar-refractivity contribution in [2.24, 2.45) is 0 Å². The van der Waals surface area contributed by atoms with E-state index in [1.165, 1.54) is 5.56 Å². The van der Waals surface area contributed by atoms with Gasteiger partial charge in [0.05, 0.1) is 12.0 Å².